The molecule has 2 nitrogen and oxygen atoms in total. The van der Waals surface area contributed by atoms with Crippen LogP contribution in [-0.4, -0.2) is 12.6 Å². The van der Waals surface area contributed by atoms with Crippen molar-refractivity contribution in [3.05, 3.63) is 23.8 Å². The number of hydrogen-bond acceptors (Lipinski definition) is 2. The number of hydrogen-bond donors (Lipinski definition) is 0. The molecule has 0 aromatic rings. The fourth-order valence-corrected chi connectivity index (χ4v) is 0.420. The van der Waals surface area contributed by atoms with E-state index in [1.165, 1.54) is 0 Å². The highest BCUT2D eigenvalue weighted by molar-refractivity contribution is 5.87. The quantitative estimate of drug-likeness (QED) is 0.353. The van der Waals surface area contributed by atoms with E-state index in [2.05, 4.69) is 6.58 Å². The zero-order valence-corrected chi connectivity index (χ0v) is 7.31. The van der Waals surface area contributed by atoms with Gasteiger partial charge in [0.1, 0.15) is 6.61 Å². The van der Waals surface area contributed by atoms with E-state index >= 15 is 0 Å². The average Bonchev–Trinajstić information content (AvgIpc) is 1.98. The third kappa shape index (κ3) is 4.37. The van der Waals surface area contributed by atoms with Crippen molar-refractivity contribution in [3.63, 3.8) is 0 Å². The van der Waals surface area contributed by atoms with Crippen molar-refractivity contribution in [3.8, 4) is 0 Å². The summed E-state index contributed by atoms with van der Waals surface area (Å²) in [5.41, 5.74) is 1.48. The SMILES string of the molecule is C=C(C)COC(=O)/C(C)=C\C. The van der Waals surface area contributed by atoms with E-state index < -0.39 is 0 Å². The second-order valence-electron chi connectivity index (χ2n) is 2.50. The topological polar surface area (TPSA) is 26.3 Å². The molecule has 2 heteroatoms. The van der Waals surface area contributed by atoms with E-state index in [1.54, 1.807) is 19.9 Å². The monoisotopic (exact) mass is 154 g/mol. The predicted octanol–water partition coefficient (Wildman–Crippen LogP) is 2.07. The standard InChI is InChI=1S/C9H14O2/c1-5-8(4)9(10)11-6-7(2)3/h5H,2,6H2,1,3-4H3/b8-5-. The Labute approximate surface area is 67.6 Å². The van der Waals surface area contributed by atoms with Crippen LogP contribution in [0.15, 0.2) is 23.8 Å². The molecule has 0 N–H and O–H groups in total. The van der Waals surface area contributed by atoms with Gasteiger partial charge < -0.3 is 4.74 Å². The molecule has 0 aromatic carbocycles. The molecule has 0 heterocycles. The summed E-state index contributed by atoms with van der Waals surface area (Å²) >= 11 is 0. The van der Waals surface area contributed by atoms with Crippen molar-refractivity contribution in [1.82, 2.24) is 0 Å². The number of ether oxygens (including phenoxy) is 1. The molecule has 0 aromatic heterocycles. The molecule has 62 valence electrons. The van der Waals surface area contributed by atoms with Crippen LogP contribution in [0.4, 0.5) is 0 Å². The maximum absolute atomic E-state index is 10.9. The first-order chi connectivity index (χ1) is 5.07. The molecule has 11 heavy (non-hydrogen) atoms. The maximum atomic E-state index is 10.9. The van der Waals surface area contributed by atoms with Crippen LogP contribution >= 0.6 is 0 Å². The summed E-state index contributed by atoms with van der Waals surface area (Å²) in [6, 6.07) is 0. The highest BCUT2D eigenvalue weighted by Crippen LogP contribution is 1.97. The normalized spacial score (nSPS) is 11.0. The number of carbonyl (C=O) groups excluding carboxylic acids is 1. The fraction of sp³-hybridized carbons (Fsp3) is 0.444. The Hall–Kier alpha value is -1.05. The highest BCUT2D eigenvalue weighted by Gasteiger charge is 2.02. The molecule has 0 amide bonds. The second kappa shape index (κ2) is 4.72. The summed E-state index contributed by atoms with van der Waals surface area (Å²) in [6.45, 7) is 9.27. The lowest BCUT2D eigenvalue weighted by Crippen LogP contribution is -2.06. The van der Waals surface area contributed by atoms with Crippen molar-refractivity contribution in [2.24, 2.45) is 0 Å². The molecule has 0 saturated carbocycles. The molecule has 0 radical (unpaired) electrons. The second-order valence-corrected chi connectivity index (χ2v) is 2.50. The smallest absolute Gasteiger partial charge is 0.333 e. The maximum Gasteiger partial charge on any atom is 0.333 e. The average molecular weight is 154 g/mol. The highest BCUT2D eigenvalue weighted by atomic mass is 16.5. The Morgan fingerprint density at radius 3 is 2.45 bits per heavy atom. The molecular formula is C9H14O2. The molecule has 0 rings (SSSR count). The third-order valence-electron chi connectivity index (χ3n) is 1.20. The van der Waals surface area contributed by atoms with Crippen LogP contribution in [0.1, 0.15) is 20.8 Å². The molecule has 0 fully saturated rings. The van der Waals surface area contributed by atoms with Gasteiger partial charge in [-0.2, -0.15) is 0 Å². The van der Waals surface area contributed by atoms with Crippen molar-refractivity contribution < 1.29 is 9.53 Å². The van der Waals surface area contributed by atoms with Crippen molar-refractivity contribution in [2.75, 3.05) is 6.61 Å². The summed E-state index contributed by atoms with van der Waals surface area (Å²) in [7, 11) is 0. The van der Waals surface area contributed by atoms with E-state index in [1.807, 2.05) is 6.92 Å². The van der Waals surface area contributed by atoms with E-state index in [9.17, 15) is 4.79 Å². The lowest BCUT2D eigenvalue weighted by atomic mass is 10.3. The minimum absolute atomic E-state index is 0.268. The van der Waals surface area contributed by atoms with Gasteiger partial charge in [0.25, 0.3) is 0 Å². The number of rotatable bonds is 3. The van der Waals surface area contributed by atoms with E-state index in [0.29, 0.717) is 12.2 Å². The summed E-state index contributed by atoms with van der Waals surface area (Å²) in [5.74, 6) is -0.268. The molecular weight excluding hydrogens is 140 g/mol. The lowest BCUT2D eigenvalue weighted by Gasteiger charge is -2.02. The van der Waals surface area contributed by atoms with Crippen LogP contribution in [0, 0.1) is 0 Å². The molecule has 0 spiro atoms. The van der Waals surface area contributed by atoms with Gasteiger partial charge in [0, 0.05) is 5.57 Å². The Bertz CT molecular complexity index is 190. The Morgan fingerprint density at radius 2 is 2.09 bits per heavy atom. The summed E-state index contributed by atoms with van der Waals surface area (Å²) < 4.78 is 4.85. The van der Waals surface area contributed by atoms with Crippen LogP contribution in [0.25, 0.3) is 0 Å². The number of allylic oxidation sites excluding steroid dienone is 1. The van der Waals surface area contributed by atoms with Gasteiger partial charge in [-0.05, 0) is 26.3 Å². The lowest BCUT2D eigenvalue weighted by molar-refractivity contribution is -0.138. The first-order valence-corrected chi connectivity index (χ1v) is 3.52. The number of esters is 1. The molecule has 0 atom stereocenters. The molecule has 0 unspecified atom stereocenters. The zero-order valence-electron chi connectivity index (χ0n) is 7.31. The van der Waals surface area contributed by atoms with Gasteiger partial charge in [0.15, 0.2) is 0 Å². The van der Waals surface area contributed by atoms with Crippen LogP contribution in [0.3, 0.4) is 0 Å². The molecule has 0 aliphatic rings. The van der Waals surface area contributed by atoms with Crippen LogP contribution in [0.2, 0.25) is 0 Å². The Balaban J connectivity index is 3.80. The third-order valence-corrected chi connectivity index (χ3v) is 1.20. The first kappa shape index (κ1) is 9.95. The van der Waals surface area contributed by atoms with Gasteiger partial charge >= 0.3 is 5.97 Å². The largest absolute Gasteiger partial charge is 0.458 e. The first-order valence-electron chi connectivity index (χ1n) is 3.52. The van der Waals surface area contributed by atoms with Crippen LogP contribution < -0.4 is 0 Å². The van der Waals surface area contributed by atoms with Crippen LogP contribution in [0.5, 0.6) is 0 Å². The minimum atomic E-state index is -0.268. The summed E-state index contributed by atoms with van der Waals surface area (Å²) in [6.07, 6.45) is 1.72. The van der Waals surface area contributed by atoms with Crippen molar-refractivity contribution >= 4 is 5.97 Å². The Morgan fingerprint density at radius 1 is 1.55 bits per heavy atom. The van der Waals surface area contributed by atoms with Gasteiger partial charge in [-0.15, -0.1) is 0 Å². The van der Waals surface area contributed by atoms with Gasteiger partial charge in [0.2, 0.25) is 0 Å². The van der Waals surface area contributed by atoms with Gasteiger partial charge in [-0.3, -0.25) is 0 Å². The van der Waals surface area contributed by atoms with Gasteiger partial charge in [-0.1, -0.05) is 12.7 Å². The fourth-order valence-electron chi connectivity index (χ4n) is 0.420. The zero-order chi connectivity index (χ0) is 8.85. The van der Waals surface area contributed by atoms with E-state index in [4.69, 9.17) is 4.74 Å². The molecule has 0 saturated heterocycles. The molecule has 0 bridgehead atoms. The molecule has 0 aliphatic heterocycles. The van der Waals surface area contributed by atoms with Crippen molar-refractivity contribution in [1.29, 1.82) is 0 Å². The van der Waals surface area contributed by atoms with Crippen molar-refractivity contribution in [2.45, 2.75) is 20.8 Å². The van der Waals surface area contributed by atoms with E-state index in [0.717, 1.165) is 5.57 Å². The summed E-state index contributed by atoms with van der Waals surface area (Å²) in [5, 5.41) is 0. The molecule has 0 aliphatic carbocycles. The number of carbonyl (C=O) groups is 1. The van der Waals surface area contributed by atoms with E-state index in [-0.39, 0.29) is 5.97 Å². The predicted molar refractivity (Wildman–Crippen MR) is 45.2 cm³/mol. The van der Waals surface area contributed by atoms with Crippen LogP contribution in [-0.2, 0) is 9.53 Å². The Kier molecular flexibility index (Phi) is 4.27. The minimum Gasteiger partial charge on any atom is -0.458 e. The van der Waals surface area contributed by atoms with Gasteiger partial charge in [0.05, 0.1) is 0 Å². The van der Waals surface area contributed by atoms with Gasteiger partial charge in [-0.25, -0.2) is 4.79 Å². The summed E-state index contributed by atoms with van der Waals surface area (Å²) in [4.78, 5) is 10.9.